The molecule has 1 amide bonds. The number of piperazine rings is 1. The van der Waals surface area contributed by atoms with Crippen molar-refractivity contribution < 1.29 is 28.2 Å². The molecule has 12 heteroatoms. The summed E-state index contributed by atoms with van der Waals surface area (Å²) in [5.41, 5.74) is -0.443. The number of ether oxygens (including phenoxy) is 2. The molecule has 9 nitrogen and oxygen atoms in total. The van der Waals surface area contributed by atoms with Gasteiger partial charge in [0.1, 0.15) is 30.1 Å². The van der Waals surface area contributed by atoms with Crippen LogP contribution in [0.3, 0.4) is 0 Å². The highest BCUT2D eigenvalue weighted by Crippen LogP contribution is 2.50. The van der Waals surface area contributed by atoms with Crippen molar-refractivity contribution in [3.8, 4) is 22.8 Å². The molecule has 1 fully saturated rings. The third kappa shape index (κ3) is 3.19. The molecule has 0 saturated carbocycles. The highest BCUT2D eigenvalue weighted by Gasteiger charge is 2.37. The largest absolute Gasteiger partial charge is 0.489 e. The molecule has 0 aliphatic carbocycles. The number of carboxylic acid groups (broad SMARTS) is 1. The van der Waals surface area contributed by atoms with Crippen LogP contribution in [0.4, 0.5) is 19.4 Å². The number of anilines is 1. The van der Waals surface area contributed by atoms with Gasteiger partial charge in [0.2, 0.25) is 5.88 Å². The van der Waals surface area contributed by atoms with Crippen LogP contribution in [0.2, 0.25) is 5.02 Å². The van der Waals surface area contributed by atoms with Crippen LogP contribution >= 0.6 is 11.6 Å². The molecule has 4 aromatic rings. The maximum Gasteiger partial charge on any atom is 0.407 e. The third-order valence-electron chi connectivity index (χ3n) is 6.64. The molecule has 2 aliphatic rings. The first-order valence-electron chi connectivity index (χ1n) is 11.0. The van der Waals surface area contributed by atoms with E-state index in [4.69, 9.17) is 21.1 Å². The van der Waals surface area contributed by atoms with Crippen LogP contribution in [0.15, 0.2) is 30.7 Å². The molecule has 184 valence electrons. The van der Waals surface area contributed by atoms with E-state index in [9.17, 15) is 9.90 Å². The van der Waals surface area contributed by atoms with Gasteiger partial charge >= 0.3 is 6.09 Å². The van der Waals surface area contributed by atoms with Crippen molar-refractivity contribution in [2.24, 2.45) is 0 Å². The molecule has 36 heavy (non-hydrogen) atoms. The molecule has 0 radical (unpaired) electrons. The Hall–Kier alpha value is -3.99. The molecule has 0 bridgehead atoms. The van der Waals surface area contributed by atoms with Gasteiger partial charge in [-0.25, -0.2) is 28.5 Å². The average Bonchev–Trinajstić information content (AvgIpc) is 3.05. The van der Waals surface area contributed by atoms with Crippen molar-refractivity contribution in [2.75, 3.05) is 38.3 Å². The van der Waals surface area contributed by atoms with Gasteiger partial charge in [0, 0.05) is 37.0 Å². The molecular formula is C24H18ClF2N5O4. The van der Waals surface area contributed by atoms with E-state index in [1.807, 2.05) is 4.90 Å². The van der Waals surface area contributed by atoms with E-state index in [0.717, 1.165) is 0 Å². The maximum atomic E-state index is 16.2. The van der Waals surface area contributed by atoms with Crippen molar-refractivity contribution in [3.63, 3.8) is 0 Å². The molecule has 2 aromatic carbocycles. The van der Waals surface area contributed by atoms with E-state index >= 15 is 8.78 Å². The second kappa shape index (κ2) is 8.30. The summed E-state index contributed by atoms with van der Waals surface area (Å²) in [6, 6.07) is 4.04. The average molecular weight is 514 g/mol. The number of rotatable bonds is 2. The van der Waals surface area contributed by atoms with Gasteiger partial charge < -0.3 is 24.4 Å². The van der Waals surface area contributed by atoms with Gasteiger partial charge in [-0.1, -0.05) is 17.7 Å². The van der Waals surface area contributed by atoms with Crippen LogP contribution < -0.4 is 14.4 Å². The Bertz CT molecular complexity index is 1570. The number of aromatic nitrogens is 3. The lowest BCUT2D eigenvalue weighted by atomic mass is 9.96. The van der Waals surface area contributed by atoms with Crippen molar-refractivity contribution in [1.29, 1.82) is 0 Å². The fourth-order valence-corrected chi connectivity index (χ4v) is 5.33. The van der Waals surface area contributed by atoms with Gasteiger partial charge in [0.25, 0.3) is 0 Å². The Labute approximate surface area is 207 Å². The fraction of sp³-hybridized carbons (Fsp3) is 0.250. The van der Waals surface area contributed by atoms with Crippen LogP contribution in [-0.4, -0.2) is 70.4 Å². The molecular weight excluding hydrogens is 496 g/mol. The van der Waals surface area contributed by atoms with Gasteiger partial charge in [-0.3, -0.25) is 0 Å². The molecule has 1 atom stereocenters. The molecule has 2 aliphatic heterocycles. The Morgan fingerprint density at radius 2 is 2.00 bits per heavy atom. The van der Waals surface area contributed by atoms with Crippen LogP contribution in [0, 0.1) is 11.6 Å². The highest BCUT2D eigenvalue weighted by molar-refractivity contribution is 6.37. The number of fused-ring (bicyclic) bond motifs is 3. The summed E-state index contributed by atoms with van der Waals surface area (Å²) in [4.78, 5) is 27.4. The number of amides is 1. The number of hydrogen-bond donors (Lipinski definition) is 1. The number of hydrogen-bond acceptors (Lipinski definition) is 7. The van der Waals surface area contributed by atoms with E-state index in [1.54, 1.807) is 12.1 Å². The summed E-state index contributed by atoms with van der Waals surface area (Å²) in [6.07, 6.45) is 1.69. The van der Waals surface area contributed by atoms with E-state index in [1.165, 1.54) is 30.6 Å². The first-order chi connectivity index (χ1) is 17.4. The second-order valence-electron chi connectivity index (χ2n) is 8.48. The molecule has 1 N–H and O–H groups in total. The van der Waals surface area contributed by atoms with Gasteiger partial charge in [-0.15, -0.1) is 0 Å². The van der Waals surface area contributed by atoms with Crippen molar-refractivity contribution >= 4 is 45.2 Å². The number of pyridine rings is 1. The standard InChI is InChI=1S/C24H18ClF2N5O4/c1-35-23-14-11(4-5-28-23)2-3-13(26)15(14)16-18(25)21-17-20(19(16)27)29-10-30-22(17)32-7-6-31(24(33)34)8-12(32)9-36-21/h2-5,10,12H,6-9H2,1H3,(H,33,34)/t12-/m0/s1. The fourth-order valence-electron chi connectivity index (χ4n) is 5.00. The summed E-state index contributed by atoms with van der Waals surface area (Å²) < 4.78 is 43.1. The number of halogens is 3. The zero-order valence-corrected chi connectivity index (χ0v) is 19.6. The van der Waals surface area contributed by atoms with E-state index in [2.05, 4.69) is 15.0 Å². The predicted molar refractivity (Wildman–Crippen MR) is 128 cm³/mol. The number of benzene rings is 2. The second-order valence-corrected chi connectivity index (χ2v) is 8.86. The first-order valence-corrected chi connectivity index (χ1v) is 11.4. The monoisotopic (exact) mass is 513 g/mol. The molecule has 0 unspecified atom stereocenters. The Morgan fingerprint density at radius 3 is 2.78 bits per heavy atom. The van der Waals surface area contributed by atoms with Gasteiger partial charge in [-0.2, -0.15) is 0 Å². The molecule has 4 heterocycles. The minimum Gasteiger partial charge on any atom is -0.489 e. The predicted octanol–water partition coefficient (Wildman–Crippen LogP) is 4.35. The lowest BCUT2D eigenvalue weighted by Crippen LogP contribution is -2.56. The Balaban J connectivity index is 1.63. The Kier molecular flexibility index (Phi) is 5.18. The van der Waals surface area contributed by atoms with Gasteiger partial charge in [0.05, 0.1) is 28.9 Å². The normalized spacial score (nSPS) is 17.1. The van der Waals surface area contributed by atoms with Crippen LogP contribution in [-0.2, 0) is 0 Å². The maximum absolute atomic E-state index is 16.2. The SMILES string of the molecule is COc1nccc2ccc(F)c(-c3c(Cl)c4c5c(ncnc5c3F)N3CCN(C(=O)O)C[C@H]3CO4)c12. The van der Waals surface area contributed by atoms with E-state index in [0.29, 0.717) is 17.7 Å². The van der Waals surface area contributed by atoms with Gasteiger partial charge in [0.15, 0.2) is 11.6 Å². The smallest absolute Gasteiger partial charge is 0.407 e. The van der Waals surface area contributed by atoms with Crippen molar-refractivity contribution in [3.05, 3.63) is 47.4 Å². The van der Waals surface area contributed by atoms with E-state index in [-0.39, 0.29) is 69.8 Å². The molecule has 2 aromatic heterocycles. The minimum atomic E-state index is -1.04. The first kappa shape index (κ1) is 22.5. The summed E-state index contributed by atoms with van der Waals surface area (Å²) in [5.74, 6) is -0.968. The topological polar surface area (TPSA) is 101 Å². The molecule has 1 saturated heterocycles. The number of nitrogens with zero attached hydrogens (tertiary/aromatic N) is 5. The summed E-state index contributed by atoms with van der Waals surface area (Å²) in [7, 11) is 1.39. The highest BCUT2D eigenvalue weighted by atomic mass is 35.5. The van der Waals surface area contributed by atoms with Crippen molar-refractivity contribution in [2.45, 2.75) is 6.04 Å². The third-order valence-corrected chi connectivity index (χ3v) is 7.00. The summed E-state index contributed by atoms with van der Waals surface area (Å²) >= 11 is 6.78. The zero-order chi connectivity index (χ0) is 25.1. The Morgan fingerprint density at radius 1 is 1.17 bits per heavy atom. The van der Waals surface area contributed by atoms with Crippen LogP contribution in [0.5, 0.6) is 11.6 Å². The summed E-state index contributed by atoms with van der Waals surface area (Å²) in [6.45, 7) is 0.800. The lowest BCUT2D eigenvalue weighted by Gasteiger charge is -2.39. The van der Waals surface area contributed by atoms with E-state index < -0.39 is 17.7 Å². The zero-order valence-electron chi connectivity index (χ0n) is 18.8. The van der Waals surface area contributed by atoms with Crippen LogP contribution in [0.25, 0.3) is 32.8 Å². The van der Waals surface area contributed by atoms with Crippen molar-refractivity contribution in [1.82, 2.24) is 19.9 Å². The summed E-state index contributed by atoms with van der Waals surface area (Å²) in [5, 5.41) is 10.4. The number of methoxy groups -OCH3 is 1. The minimum absolute atomic E-state index is 0.0585. The quantitative estimate of drug-likeness (QED) is 0.422. The number of carbonyl (C=O) groups is 1. The lowest BCUT2D eigenvalue weighted by molar-refractivity contribution is 0.127. The molecule has 0 spiro atoms. The molecule has 6 rings (SSSR count). The van der Waals surface area contributed by atoms with Crippen LogP contribution in [0.1, 0.15) is 0 Å². The van der Waals surface area contributed by atoms with Gasteiger partial charge in [-0.05, 0) is 17.5 Å².